The van der Waals surface area contributed by atoms with Crippen LogP contribution in [-0.4, -0.2) is 47.8 Å². The minimum absolute atomic E-state index is 0.0753. The molecule has 0 aromatic rings. The second kappa shape index (κ2) is 38.9. The second-order valence-electron chi connectivity index (χ2n) is 13.8. The Hall–Kier alpha value is -1.80. The van der Waals surface area contributed by atoms with Crippen LogP contribution >= 0.6 is 7.82 Å². The van der Waals surface area contributed by atoms with Crippen molar-refractivity contribution in [1.82, 2.24) is 5.32 Å². The van der Waals surface area contributed by atoms with Crippen molar-refractivity contribution < 1.29 is 28.4 Å². The van der Waals surface area contributed by atoms with Crippen LogP contribution in [0.1, 0.15) is 174 Å². The Kier molecular flexibility index (Phi) is 37.6. The van der Waals surface area contributed by atoms with Crippen molar-refractivity contribution in [3.05, 3.63) is 60.8 Å². The molecular weight excluding hydrogens is 671 g/mol. The van der Waals surface area contributed by atoms with Gasteiger partial charge >= 0.3 is 7.82 Å². The number of phosphoric acid groups is 1. The van der Waals surface area contributed by atoms with E-state index in [1.54, 1.807) is 6.08 Å². The van der Waals surface area contributed by atoms with Crippen molar-refractivity contribution in [2.45, 2.75) is 187 Å². The maximum Gasteiger partial charge on any atom is 0.472 e. The Morgan fingerprint density at radius 1 is 0.654 bits per heavy atom. The van der Waals surface area contributed by atoms with Gasteiger partial charge in [-0.3, -0.25) is 13.8 Å². The van der Waals surface area contributed by atoms with E-state index < -0.39 is 20.0 Å². The molecule has 3 atom stereocenters. The topological polar surface area (TPSA) is 131 Å². The summed E-state index contributed by atoms with van der Waals surface area (Å²) < 4.78 is 22.0. The minimum Gasteiger partial charge on any atom is -0.387 e. The number of allylic oxidation sites excluding steroid dienone is 9. The molecule has 0 radical (unpaired) electrons. The molecule has 0 aromatic carbocycles. The Morgan fingerprint density at radius 3 is 1.63 bits per heavy atom. The van der Waals surface area contributed by atoms with Crippen molar-refractivity contribution in [2.24, 2.45) is 5.73 Å². The summed E-state index contributed by atoms with van der Waals surface area (Å²) in [7, 11) is -4.34. The molecule has 0 saturated heterocycles. The molecule has 0 fully saturated rings. The lowest BCUT2D eigenvalue weighted by Crippen LogP contribution is -2.45. The average Bonchev–Trinajstić information content (AvgIpc) is 3.13. The predicted molar refractivity (Wildman–Crippen MR) is 221 cm³/mol. The van der Waals surface area contributed by atoms with Gasteiger partial charge in [-0.05, 0) is 57.8 Å². The zero-order chi connectivity index (χ0) is 38.2. The van der Waals surface area contributed by atoms with Gasteiger partial charge in [0.25, 0.3) is 0 Å². The molecule has 1 amide bonds. The summed E-state index contributed by atoms with van der Waals surface area (Å²) >= 11 is 0. The summed E-state index contributed by atoms with van der Waals surface area (Å²) in [5.41, 5.74) is 5.36. The first kappa shape index (κ1) is 50.2. The number of hydrogen-bond donors (Lipinski definition) is 4. The molecule has 0 spiro atoms. The molecule has 52 heavy (non-hydrogen) atoms. The Morgan fingerprint density at radius 2 is 1.12 bits per heavy atom. The summed E-state index contributed by atoms with van der Waals surface area (Å²) in [6.07, 6.45) is 48.4. The van der Waals surface area contributed by atoms with Crippen LogP contribution in [0.15, 0.2) is 60.8 Å². The third-order valence-corrected chi connectivity index (χ3v) is 9.83. The van der Waals surface area contributed by atoms with Gasteiger partial charge in [-0.25, -0.2) is 4.57 Å². The van der Waals surface area contributed by atoms with Gasteiger partial charge in [-0.15, -0.1) is 0 Å². The highest BCUT2D eigenvalue weighted by Crippen LogP contribution is 2.43. The van der Waals surface area contributed by atoms with E-state index in [0.29, 0.717) is 6.42 Å². The van der Waals surface area contributed by atoms with Gasteiger partial charge in [-0.2, -0.15) is 0 Å². The zero-order valence-corrected chi connectivity index (χ0v) is 34.2. The van der Waals surface area contributed by atoms with Crippen LogP contribution in [0.25, 0.3) is 0 Å². The normalized spacial score (nSPS) is 14.8. The molecule has 302 valence electrons. The van der Waals surface area contributed by atoms with Gasteiger partial charge < -0.3 is 21.1 Å². The molecule has 0 bridgehead atoms. The fraction of sp³-hybridized carbons (Fsp3) is 0.744. The molecule has 5 N–H and O–H groups in total. The van der Waals surface area contributed by atoms with Gasteiger partial charge in [-0.1, -0.05) is 171 Å². The lowest BCUT2D eigenvalue weighted by Gasteiger charge is -2.23. The summed E-state index contributed by atoms with van der Waals surface area (Å²) in [5.74, 6) is -0.204. The van der Waals surface area contributed by atoms with Crippen molar-refractivity contribution in [1.29, 1.82) is 0 Å². The molecule has 3 unspecified atom stereocenters. The van der Waals surface area contributed by atoms with E-state index in [4.69, 9.17) is 14.8 Å². The van der Waals surface area contributed by atoms with E-state index in [1.807, 2.05) is 6.08 Å². The molecule has 0 rings (SSSR count). The van der Waals surface area contributed by atoms with Gasteiger partial charge in [0.2, 0.25) is 5.91 Å². The van der Waals surface area contributed by atoms with Crippen molar-refractivity contribution in [3.63, 3.8) is 0 Å². The maximum absolute atomic E-state index is 12.7. The maximum atomic E-state index is 12.7. The lowest BCUT2D eigenvalue weighted by atomic mass is 10.0. The number of carbonyl (C=O) groups excluding carboxylic acids is 1. The molecule has 0 aliphatic rings. The molecule has 0 saturated carbocycles. The smallest absolute Gasteiger partial charge is 0.387 e. The number of phosphoric ester groups is 1. The van der Waals surface area contributed by atoms with Crippen LogP contribution in [0.5, 0.6) is 0 Å². The molecule has 8 nitrogen and oxygen atoms in total. The lowest BCUT2D eigenvalue weighted by molar-refractivity contribution is -0.123. The average molecular weight is 751 g/mol. The first-order valence-corrected chi connectivity index (χ1v) is 22.4. The Labute approximate surface area is 319 Å². The van der Waals surface area contributed by atoms with E-state index in [1.165, 1.54) is 89.9 Å². The quantitative estimate of drug-likeness (QED) is 0.0281. The predicted octanol–water partition coefficient (Wildman–Crippen LogP) is 11.5. The fourth-order valence-corrected chi connectivity index (χ4v) is 6.47. The summed E-state index contributed by atoms with van der Waals surface area (Å²) in [6, 6.07) is -0.863. The number of hydrogen-bond acceptors (Lipinski definition) is 6. The van der Waals surface area contributed by atoms with Crippen LogP contribution in [0.4, 0.5) is 0 Å². The van der Waals surface area contributed by atoms with Crippen LogP contribution < -0.4 is 11.1 Å². The van der Waals surface area contributed by atoms with Gasteiger partial charge in [0.15, 0.2) is 0 Å². The number of aliphatic hydroxyl groups excluding tert-OH is 1. The van der Waals surface area contributed by atoms with Crippen LogP contribution in [0.2, 0.25) is 0 Å². The number of nitrogens with one attached hydrogen (secondary N) is 1. The van der Waals surface area contributed by atoms with E-state index in [0.717, 1.165) is 64.2 Å². The van der Waals surface area contributed by atoms with Gasteiger partial charge in [0.1, 0.15) is 0 Å². The molecule has 9 heteroatoms. The number of nitrogens with two attached hydrogens (primary N) is 1. The van der Waals surface area contributed by atoms with Crippen molar-refractivity contribution in [3.8, 4) is 0 Å². The zero-order valence-electron chi connectivity index (χ0n) is 33.3. The summed E-state index contributed by atoms with van der Waals surface area (Å²) in [4.78, 5) is 22.6. The second-order valence-corrected chi connectivity index (χ2v) is 15.3. The standard InChI is InChI=1S/C43H79N2O6P/c1-3-5-7-9-11-13-15-16-17-18-19-20-21-22-23-24-25-26-27-29-31-33-35-37-43(47)45-41(40-51-52(48,49)50-39-38-44)42(46)36-34-32-30-28-14-12-10-8-6-4-2/h5,7,11,13,16-17,19-20,34,36,41-42,46H,3-4,6,8-10,12,14-15,18,21-33,35,37-40,44H2,1-2H3,(H,45,47)(H,48,49)/b7-5-,13-11-,17-16-,20-19-,36-34+. The Bertz CT molecular complexity index is 996. The van der Waals surface area contributed by atoms with Crippen molar-refractivity contribution >= 4 is 13.7 Å². The van der Waals surface area contributed by atoms with E-state index in [9.17, 15) is 19.4 Å². The summed E-state index contributed by atoms with van der Waals surface area (Å²) in [5, 5.41) is 13.6. The van der Waals surface area contributed by atoms with E-state index in [2.05, 4.69) is 67.8 Å². The highest BCUT2D eigenvalue weighted by molar-refractivity contribution is 7.47. The Balaban J connectivity index is 4.12. The highest BCUT2D eigenvalue weighted by atomic mass is 31.2. The SMILES string of the molecule is CC/C=C\C/C=C\C/C=C\C/C=C\CCCCCCCCCCCCC(=O)NC(COP(=O)(O)OCCN)C(O)/C=C/CCCCCCCCCC. The van der Waals surface area contributed by atoms with Crippen LogP contribution in [0.3, 0.4) is 0 Å². The van der Waals surface area contributed by atoms with Gasteiger partial charge in [0, 0.05) is 13.0 Å². The summed E-state index contributed by atoms with van der Waals surface area (Å²) in [6.45, 7) is 3.98. The fourth-order valence-electron chi connectivity index (χ4n) is 5.71. The van der Waals surface area contributed by atoms with Crippen LogP contribution in [-0.2, 0) is 18.4 Å². The molecule has 0 aliphatic heterocycles. The monoisotopic (exact) mass is 751 g/mol. The van der Waals surface area contributed by atoms with Crippen molar-refractivity contribution in [2.75, 3.05) is 19.8 Å². The number of carbonyl (C=O) groups is 1. The molecule has 0 aromatic heterocycles. The van der Waals surface area contributed by atoms with E-state index >= 15 is 0 Å². The van der Waals surface area contributed by atoms with Gasteiger partial charge in [0.05, 0.1) is 25.4 Å². The number of unbranched alkanes of at least 4 members (excludes halogenated alkanes) is 18. The molecule has 0 aliphatic carbocycles. The minimum atomic E-state index is -4.34. The number of aliphatic hydroxyl groups is 1. The largest absolute Gasteiger partial charge is 0.472 e. The third kappa shape index (κ3) is 36.6. The first-order valence-electron chi connectivity index (χ1n) is 20.9. The molecule has 0 heterocycles. The highest BCUT2D eigenvalue weighted by Gasteiger charge is 2.26. The third-order valence-electron chi connectivity index (χ3n) is 8.85. The first-order chi connectivity index (χ1) is 25.4. The van der Waals surface area contributed by atoms with Crippen LogP contribution in [0, 0.1) is 0 Å². The molecular formula is C43H79N2O6P. The van der Waals surface area contributed by atoms with E-state index in [-0.39, 0.29) is 25.7 Å². The number of rotatable bonds is 38. The number of amides is 1.